The molecule has 7 nitrogen and oxygen atoms in total. The maximum absolute atomic E-state index is 12.3. The number of hydrogen-bond donors (Lipinski definition) is 1. The van der Waals surface area contributed by atoms with Gasteiger partial charge in [-0.1, -0.05) is 24.3 Å². The van der Waals surface area contributed by atoms with Crippen molar-refractivity contribution in [3.63, 3.8) is 0 Å². The van der Waals surface area contributed by atoms with Crippen LogP contribution in [0.15, 0.2) is 53.4 Å². The number of rotatable bonds is 7. The average Bonchev–Trinajstić information content (AvgIpc) is 2.73. The molecule has 0 aliphatic carbocycles. The Balaban J connectivity index is 1.48. The van der Waals surface area contributed by atoms with Gasteiger partial charge in [-0.25, -0.2) is 0 Å². The smallest absolute Gasteiger partial charge is 0.292 e. The first-order valence-corrected chi connectivity index (χ1v) is 10.4. The predicted molar refractivity (Wildman–Crippen MR) is 113 cm³/mol. The van der Waals surface area contributed by atoms with E-state index in [1.807, 2.05) is 41.5 Å². The first-order valence-electron chi connectivity index (χ1n) is 9.22. The lowest BCUT2D eigenvalue weighted by atomic mass is 10.2. The standard InChI is InChI=1S/C20H24N4O3S/c1-28-19-9-5-2-6-16(19)21-20(25)10-11-22-12-14-23(15-13-22)17-7-3-4-8-18(17)24(26)27/h2-9H,10-15H2,1H3,(H,21,25). The number of hydrogen-bond acceptors (Lipinski definition) is 6. The molecule has 1 fully saturated rings. The van der Waals surface area contributed by atoms with Gasteiger partial charge in [-0.05, 0) is 24.5 Å². The SMILES string of the molecule is CSc1ccccc1NC(=O)CCN1CCN(c2ccccc2[N+](=O)[O-])CC1. The number of anilines is 2. The van der Waals surface area contributed by atoms with Gasteiger partial charge in [0.05, 0.1) is 10.6 Å². The summed E-state index contributed by atoms with van der Waals surface area (Å²) in [7, 11) is 0. The normalized spacial score (nSPS) is 14.7. The van der Waals surface area contributed by atoms with E-state index in [0.717, 1.165) is 23.7 Å². The molecule has 0 radical (unpaired) electrons. The zero-order valence-corrected chi connectivity index (χ0v) is 16.7. The zero-order chi connectivity index (χ0) is 19.9. The number of benzene rings is 2. The molecule has 28 heavy (non-hydrogen) atoms. The van der Waals surface area contributed by atoms with E-state index in [4.69, 9.17) is 0 Å². The summed E-state index contributed by atoms with van der Waals surface area (Å²) in [6.07, 6.45) is 2.41. The molecule has 2 aromatic rings. The van der Waals surface area contributed by atoms with Gasteiger partial charge in [-0.15, -0.1) is 11.8 Å². The van der Waals surface area contributed by atoms with Gasteiger partial charge in [-0.2, -0.15) is 0 Å². The fourth-order valence-corrected chi connectivity index (χ4v) is 3.87. The molecule has 148 valence electrons. The van der Waals surface area contributed by atoms with E-state index in [1.54, 1.807) is 30.0 Å². The van der Waals surface area contributed by atoms with Crippen LogP contribution in [0.2, 0.25) is 0 Å². The van der Waals surface area contributed by atoms with E-state index >= 15 is 0 Å². The molecular weight excluding hydrogens is 376 g/mol. The Bertz CT molecular complexity index is 838. The Labute approximate surface area is 168 Å². The third-order valence-electron chi connectivity index (χ3n) is 4.83. The van der Waals surface area contributed by atoms with E-state index in [0.29, 0.717) is 31.7 Å². The minimum atomic E-state index is -0.335. The number of nitro benzene ring substituents is 1. The maximum atomic E-state index is 12.3. The Morgan fingerprint density at radius 2 is 1.79 bits per heavy atom. The fraction of sp³-hybridized carbons (Fsp3) is 0.350. The summed E-state index contributed by atoms with van der Waals surface area (Å²) < 4.78 is 0. The van der Waals surface area contributed by atoms with E-state index in [9.17, 15) is 14.9 Å². The van der Waals surface area contributed by atoms with Gasteiger partial charge in [0.15, 0.2) is 0 Å². The van der Waals surface area contributed by atoms with Crippen LogP contribution in [0.25, 0.3) is 0 Å². The highest BCUT2D eigenvalue weighted by Gasteiger charge is 2.23. The molecule has 0 aromatic heterocycles. The van der Waals surface area contributed by atoms with Crippen molar-refractivity contribution in [2.75, 3.05) is 49.2 Å². The van der Waals surface area contributed by atoms with Crippen molar-refractivity contribution in [1.82, 2.24) is 4.90 Å². The second-order valence-corrected chi connectivity index (χ2v) is 7.42. The molecule has 0 spiro atoms. The number of carbonyl (C=O) groups is 1. The largest absolute Gasteiger partial charge is 0.363 e. The maximum Gasteiger partial charge on any atom is 0.292 e. The van der Waals surface area contributed by atoms with Crippen molar-refractivity contribution in [3.8, 4) is 0 Å². The third-order valence-corrected chi connectivity index (χ3v) is 5.62. The van der Waals surface area contributed by atoms with Crippen molar-refractivity contribution in [2.45, 2.75) is 11.3 Å². The molecule has 1 N–H and O–H groups in total. The molecule has 0 unspecified atom stereocenters. The van der Waals surface area contributed by atoms with Crippen molar-refractivity contribution in [2.24, 2.45) is 0 Å². The highest BCUT2D eigenvalue weighted by molar-refractivity contribution is 7.98. The van der Waals surface area contributed by atoms with Crippen molar-refractivity contribution in [3.05, 3.63) is 58.6 Å². The van der Waals surface area contributed by atoms with E-state index < -0.39 is 0 Å². The third kappa shape index (κ3) is 5.02. The first kappa shape index (κ1) is 20.2. The van der Waals surface area contributed by atoms with Gasteiger partial charge >= 0.3 is 0 Å². The highest BCUT2D eigenvalue weighted by Crippen LogP contribution is 2.28. The highest BCUT2D eigenvalue weighted by atomic mass is 32.2. The summed E-state index contributed by atoms with van der Waals surface area (Å²) in [6, 6.07) is 14.6. The molecule has 0 saturated carbocycles. The molecule has 1 aliphatic rings. The van der Waals surface area contributed by atoms with Crippen molar-refractivity contribution in [1.29, 1.82) is 0 Å². The number of nitrogens with one attached hydrogen (secondary N) is 1. The number of para-hydroxylation sites is 3. The van der Waals surface area contributed by atoms with Crippen LogP contribution in [0.4, 0.5) is 17.1 Å². The molecule has 8 heteroatoms. The second kappa shape index (κ2) is 9.57. The fourth-order valence-electron chi connectivity index (χ4n) is 3.32. The average molecular weight is 401 g/mol. The predicted octanol–water partition coefficient (Wildman–Crippen LogP) is 3.47. The molecule has 1 amide bonds. The molecule has 0 bridgehead atoms. The lowest BCUT2D eigenvalue weighted by molar-refractivity contribution is -0.384. The van der Waals surface area contributed by atoms with Gasteiger partial charge < -0.3 is 10.2 Å². The Morgan fingerprint density at radius 1 is 1.11 bits per heavy atom. The molecule has 3 rings (SSSR count). The summed E-state index contributed by atoms with van der Waals surface area (Å²) in [5.41, 5.74) is 1.66. The number of piperazine rings is 1. The van der Waals surface area contributed by atoms with Gasteiger partial charge in [-0.3, -0.25) is 19.8 Å². The van der Waals surface area contributed by atoms with Crippen LogP contribution < -0.4 is 10.2 Å². The summed E-state index contributed by atoms with van der Waals surface area (Å²) in [5, 5.41) is 14.2. The summed E-state index contributed by atoms with van der Waals surface area (Å²) in [4.78, 5) is 28.5. The monoisotopic (exact) mass is 400 g/mol. The number of thioether (sulfide) groups is 1. The molecule has 1 aliphatic heterocycles. The molecule has 0 atom stereocenters. The van der Waals surface area contributed by atoms with Crippen LogP contribution in [0.5, 0.6) is 0 Å². The van der Waals surface area contributed by atoms with Crippen LogP contribution in [0, 0.1) is 10.1 Å². The van der Waals surface area contributed by atoms with Crippen molar-refractivity contribution >= 4 is 34.7 Å². The van der Waals surface area contributed by atoms with Crippen molar-refractivity contribution < 1.29 is 9.72 Å². The van der Waals surface area contributed by atoms with Gasteiger partial charge in [0.1, 0.15) is 5.69 Å². The Kier molecular flexibility index (Phi) is 6.89. The number of nitro groups is 1. The van der Waals surface area contributed by atoms with E-state index in [2.05, 4.69) is 10.2 Å². The zero-order valence-electron chi connectivity index (χ0n) is 15.8. The van der Waals surface area contributed by atoms with Gasteiger partial charge in [0, 0.05) is 50.1 Å². The van der Waals surface area contributed by atoms with E-state index in [-0.39, 0.29) is 16.5 Å². The lowest BCUT2D eigenvalue weighted by Gasteiger charge is -2.35. The minimum absolute atomic E-state index is 0.00243. The Morgan fingerprint density at radius 3 is 2.50 bits per heavy atom. The van der Waals surface area contributed by atoms with Gasteiger partial charge in [0.25, 0.3) is 5.69 Å². The quantitative estimate of drug-likeness (QED) is 0.436. The van der Waals surface area contributed by atoms with Crippen LogP contribution in [0.3, 0.4) is 0 Å². The molecular formula is C20H24N4O3S. The first-order chi connectivity index (χ1) is 13.6. The summed E-state index contributed by atoms with van der Waals surface area (Å²) in [5.74, 6) is 0.00243. The van der Waals surface area contributed by atoms with Crippen LogP contribution in [-0.2, 0) is 4.79 Å². The number of carbonyl (C=O) groups excluding carboxylic acids is 1. The number of amides is 1. The van der Waals surface area contributed by atoms with Crippen LogP contribution in [-0.4, -0.2) is 54.7 Å². The Hall–Kier alpha value is -2.58. The number of nitrogens with zero attached hydrogens (tertiary/aromatic N) is 3. The second-order valence-electron chi connectivity index (χ2n) is 6.57. The van der Waals surface area contributed by atoms with Crippen LogP contribution in [0.1, 0.15) is 6.42 Å². The lowest BCUT2D eigenvalue weighted by Crippen LogP contribution is -2.47. The molecule has 1 saturated heterocycles. The van der Waals surface area contributed by atoms with E-state index in [1.165, 1.54) is 0 Å². The summed E-state index contributed by atoms with van der Waals surface area (Å²) in [6.45, 7) is 3.66. The molecule has 2 aromatic carbocycles. The van der Waals surface area contributed by atoms with Crippen LogP contribution >= 0.6 is 11.8 Å². The topological polar surface area (TPSA) is 78.7 Å². The minimum Gasteiger partial charge on any atom is -0.363 e. The molecule has 1 heterocycles. The summed E-state index contributed by atoms with van der Waals surface area (Å²) >= 11 is 1.61. The van der Waals surface area contributed by atoms with Gasteiger partial charge in [0.2, 0.25) is 5.91 Å².